The summed E-state index contributed by atoms with van der Waals surface area (Å²) >= 11 is 0. The maximum atomic E-state index is 12.8. The zero-order chi connectivity index (χ0) is 16.9. The Morgan fingerprint density at radius 1 is 1.33 bits per heavy atom. The molecule has 132 valence electrons. The Morgan fingerprint density at radius 2 is 2.12 bits per heavy atom. The molecular weight excluding hydrogens is 306 g/mol. The van der Waals surface area contributed by atoms with E-state index in [0.29, 0.717) is 37.8 Å². The molecule has 2 saturated heterocycles. The van der Waals surface area contributed by atoms with E-state index in [9.17, 15) is 4.79 Å². The molecule has 0 spiro atoms. The molecule has 0 aromatic heterocycles. The molecule has 3 rings (SSSR count). The minimum absolute atomic E-state index is 0.0627. The lowest BCUT2D eigenvalue weighted by molar-refractivity contribution is -0.0969. The number of amides is 1. The van der Waals surface area contributed by atoms with E-state index in [1.54, 1.807) is 0 Å². The van der Waals surface area contributed by atoms with E-state index in [1.165, 1.54) is 0 Å². The summed E-state index contributed by atoms with van der Waals surface area (Å²) in [6.07, 6.45) is 1.89. The smallest absolute Gasteiger partial charge is 0.254 e. The zero-order valence-corrected chi connectivity index (χ0v) is 14.6. The van der Waals surface area contributed by atoms with Gasteiger partial charge in [-0.25, -0.2) is 0 Å². The van der Waals surface area contributed by atoms with E-state index in [2.05, 4.69) is 13.8 Å². The van der Waals surface area contributed by atoms with Crippen LogP contribution in [0.15, 0.2) is 24.3 Å². The second-order valence-electron chi connectivity index (χ2n) is 7.00. The first kappa shape index (κ1) is 17.2. The van der Waals surface area contributed by atoms with Crippen molar-refractivity contribution in [2.24, 2.45) is 11.8 Å². The molecule has 1 aromatic carbocycles. The SMILES string of the molecule is CC(C)COc1cccc(C(=O)N2CCCC(C3OCCO3)C2)c1. The molecule has 0 bridgehead atoms. The summed E-state index contributed by atoms with van der Waals surface area (Å²) in [5.41, 5.74) is 0.685. The van der Waals surface area contributed by atoms with Gasteiger partial charge in [0, 0.05) is 24.6 Å². The minimum Gasteiger partial charge on any atom is -0.493 e. The third-order valence-corrected chi connectivity index (χ3v) is 4.44. The van der Waals surface area contributed by atoms with Crippen molar-refractivity contribution in [2.45, 2.75) is 33.0 Å². The maximum Gasteiger partial charge on any atom is 0.254 e. The third-order valence-electron chi connectivity index (χ3n) is 4.44. The van der Waals surface area contributed by atoms with Gasteiger partial charge in [-0.05, 0) is 37.0 Å². The minimum atomic E-state index is -0.152. The Balaban J connectivity index is 1.63. The van der Waals surface area contributed by atoms with Gasteiger partial charge in [0.2, 0.25) is 0 Å². The van der Waals surface area contributed by atoms with Crippen LogP contribution in [-0.4, -0.2) is 50.0 Å². The van der Waals surface area contributed by atoms with Crippen LogP contribution in [0.2, 0.25) is 0 Å². The van der Waals surface area contributed by atoms with Gasteiger partial charge in [-0.15, -0.1) is 0 Å². The highest BCUT2D eigenvalue weighted by Gasteiger charge is 2.33. The predicted octanol–water partition coefficient (Wildman–Crippen LogP) is 2.95. The number of rotatable bonds is 5. The van der Waals surface area contributed by atoms with Crippen molar-refractivity contribution < 1.29 is 19.0 Å². The number of hydrogen-bond donors (Lipinski definition) is 0. The van der Waals surface area contributed by atoms with Gasteiger partial charge in [0.1, 0.15) is 5.75 Å². The second kappa shape index (κ2) is 7.99. The molecule has 1 aromatic rings. The van der Waals surface area contributed by atoms with Gasteiger partial charge >= 0.3 is 0 Å². The highest BCUT2D eigenvalue weighted by atomic mass is 16.7. The summed E-state index contributed by atoms with van der Waals surface area (Å²) in [5.74, 6) is 1.54. The standard InChI is InChI=1S/C19H27NO4/c1-14(2)13-24-17-7-3-5-15(11-17)18(21)20-8-4-6-16(12-20)19-22-9-10-23-19/h3,5,7,11,14,16,19H,4,6,8-10,12-13H2,1-2H3. The first-order valence-electron chi connectivity index (χ1n) is 8.89. The van der Waals surface area contributed by atoms with Crippen LogP contribution in [0.4, 0.5) is 0 Å². The number of piperidine rings is 1. The molecule has 1 atom stereocenters. The van der Waals surface area contributed by atoms with E-state index >= 15 is 0 Å². The van der Waals surface area contributed by atoms with E-state index in [4.69, 9.17) is 14.2 Å². The summed E-state index contributed by atoms with van der Waals surface area (Å²) in [6.45, 7) is 7.67. The first-order chi connectivity index (χ1) is 11.6. The molecule has 2 fully saturated rings. The molecule has 0 N–H and O–H groups in total. The van der Waals surface area contributed by atoms with Crippen LogP contribution in [0.1, 0.15) is 37.0 Å². The summed E-state index contributed by atoms with van der Waals surface area (Å²) in [6, 6.07) is 7.49. The molecule has 0 radical (unpaired) electrons. The van der Waals surface area contributed by atoms with Crippen LogP contribution in [0, 0.1) is 11.8 Å². The predicted molar refractivity (Wildman–Crippen MR) is 91.1 cm³/mol. The lowest BCUT2D eigenvalue weighted by atomic mass is 9.96. The van der Waals surface area contributed by atoms with Gasteiger partial charge in [-0.1, -0.05) is 19.9 Å². The fourth-order valence-electron chi connectivity index (χ4n) is 3.23. The molecule has 5 heteroatoms. The summed E-state index contributed by atoms with van der Waals surface area (Å²) in [4.78, 5) is 14.8. The van der Waals surface area contributed by atoms with Gasteiger partial charge in [-0.2, -0.15) is 0 Å². The van der Waals surface area contributed by atoms with Crippen molar-refractivity contribution in [3.63, 3.8) is 0 Å². The van der Waals surface area contributed by atoms with Crippen molar-refractivity contribution >= 4 is 5.91 Å². The highest BCUT2D eigenvalue weighted by molar-refractivity contribution is 5.94. The highest BCUT2D eigenvalue weighted by Crippen LogP contribution is 2.26. The van der Waals surface area contributed by atoms with E-state index < -0.39 is 0 Å². The number of ether oxygens (including phenoxy) is 3. The molecule has 1 unspecified atom stereocenters. The molecule has 2 aliphatic rings. The third kappa shape index (κ3) is 4.28. The number of nitrogens with zero attached hydrogens (tertiary/aromatic N) is 1. The quantitative estimate of drug-likeness (QED) is 0.831. The number of carbonyl (C=O) groups excluding carboxylic acids is 1. The Labute approximate surface area is 143 Å². The Kier molecular flexibility index (Phi) is 5.74. The van der Waals surface area contributed by atoms with Crippen LogP contribution >= 0.6 is 0 Å². The van der Waals surface area contributed by atoms with Gasteiger partial charge in [0.25, 0.3) is 5.91 Å². The molecule has 24 heavy (non-hydrogen) atoms. The Hall–Kier alpha value is -1.59. The molecule has 0 aliphatic carbocycles. The van der Waals surface area contributed by atoms with Crippen LogP contribution in [0.25, 0.3) is 0 Å². The van der Waals surface area contributed by atoms with Crippen molar-refractivity contribution in [1.29, 1.82) is 0 Å². The number of hydrogen-bond acceptors (Lipinski definition) is 4. The fourth-order valence-corrected chi connectivity index (χ4v) is 3.23. The van der Waals surface area contributed by atoms with Gasteiger partial charge in [0.15, 0.2) is 6.29 Å². The summed E-state index contributed by atoms with van der Waals surface area (Å²) in [7, 11) is 0. The number of likely N-dealkylation sites (tertiary alicyclic amines) is 1. The van der Waals surface area contributed by atoms with Crippen molar-refractivity contribution in [3.8, 4) is 5.75 Å². The molecule has 2 heterocycles. The van der Waals surface area contributed by atoms with Crippen molar-refractivity contribution in [2.75, 3.05) is 32.9 Å². The number of carbonyl (C=O) groups is 1. The molecule has 5 nitrogen and oxygen atoms in total. The van der Waals surface area contributed by atoms with Crippen LogP contribution in [-0.2, 0) is 9.47 Å². The fraction of sp³-hybridized carbons (Fsp3) is 0.632. The lowest BCUT2D eigenvalue weighted by Crippen LogP contribution is -2.43. The molecule has 1 amide bonds. The summed E-state index contributed by atoms with van der Waals surface area (Å²) in [5, 5.41) is 0. The number of benzene rings is 1. The van der Waals surface area contributed by atoms with Gasteiger partial charge < -0.3 is 19.1 Å². The first-order valence-corrected chi connectivity index (χ1v) is 8.89. The topological polar surface area (TPSA) is 48.0 Å². The monoisotopic (exact) mass is 333 g/mol. The van der Waals surface area contributed by atoms with Crippen LogP contribution in [0.5, 0.6) is 5.75 Å². The second-order valence-corrected chi connectivity index (χ2v) is 7.00. The largest absolute Gasteiger partial charge is 0.493 e. The van der Waals surface area contributed by atoms with Crippen LogP contribution < -0.4 is 4.74 Å². The molecule has 0 saturated carbocycles. The normalized spacial score (nSPS) is 22.1. The lowest BCUT2D eigenvalue weighted by Gasteiger charge is -2.34. The Bertz CT molecular complexity index is 554. The maximum absolute atomic E-state index is 12.8. The molecular formula is C19H27NO4. The zero-order valence-electron chi connectivity index (χ0n) is 14.6. The summed E-state index contributed by atoms with van der Waals surface area (Å²) < 4.78 is 17.0. The average Bonchev–Trinajstić information content (AvgIpc) is 3.14. The Morgan fingerprint density at radius 3 is 2.88 bits per heavy atom. The van der Waals surface area contributed by atoms with Gasteiger partial charge in [0.05, 0.1) is 19.8 Å². The van der Waals surface area contributed by atoms with E-state index in [0.717, 1.165) is 25.1 Å². The van der Waals surface area contributed by atoms with Gasteiger partial charge in [-0.3, -0.25) is 4.79 Å². The van der Waals surface area contributed by atoms with Crippen molar-refractivity contribution in [1.82, 2.24) is 4.90 Å². The molecule has 2 aliphatic heterocycles. The van der Waals surface area contributed by atoms with E-state index in [-0.39, 0.29) is 18.1 Å². The van der Waals surface area contributed by atoms with Crippen molar-refractivity contribution in [3.05, 3.63) is 29.8 Å². The van der Waals surface area contributed by atoms with E-state index in [1.807, 2.05) is 29.2 Å². The van der Waals surface area contributed by atoms with Crippen LogP contribution in [0.3, 0.4) is 0 Å². The average molecular weight is 333 g/mol.